The van der Waals surface area contributed by atoms with E-state index in [0.29, 0.717) is 17.8 Å². The van der Waals surface area contributed by atoms with E-state index in [0.717, 1.165) is 19.4 Å². The van der Waals surface area contributed by atoms with Crippen LogP contribution in [-0.4, -0.2) is 20.7 Å². The topological polar surface area (TPSA) is 26.3 Å². The molecule has 0 saturated carbocycles. The quantitative estimate of drug-likeness (QED) is 0.255. The van der Waals surface area contributed by atoms with Crippen LogP contribution in [-0.2, 0) is 9.22 Å². The summed E-state index contributed by atoms with van der Waals surface area (Å²) in [6.07, 6.45) is 7.01. The van der Waals surface area contributed by atoms with Gasteiger partial charge in [-0.15, -0.1) is 0 Å². The Labute approximate surface area is 203 Å². The number of benzene rings is 2. The van der Waals surface area contributed by atoms with Gasteiger partial charge < -0.3 is 4.43 Å². The molecule has 0 unspecified atom stereocenters. The molecule has 2 nitrogen and oxygen atoms in total. The Bertz CT molecular complexity index is 828. The monoisotopic (exact) mass is 464 g/mol. The fraction of sp³-hybridized carbons (Fsp3) is 0.500. The van der Waals surface area contributed by atoms with Gasteiger partial charge in [-0.05, 0) is 65.4 Å². The summed E-state index contributed by atoms with van der Waals surface area (Å²) in [7, 11) is -2.46. The lowest BCUT2D eigenvalue weighted by atomic mass is 9.88. The third-order valence-corrected chi connectivity index (χ3v) is 11.5. The van der Waals surface area contributed by atoms with E-state index in [2.05, 4.69) is 102 Å². The molecule has 3 atom stereocenters. The molecule has 0 heterocycles. The molecule has 2 aromatic rings. The van der Waals surface area contributed by atoms with Crippen LogP contribution < -0.4 is 10.4 Å². The summed E-state index contributed by atoms with van der Waals surface area (Å²) in [6.45, 7) is 16.4. The predicted molar refractivity (Wildman–Crippen MR) is 145 cm³/mol. The molecule has 0 saturated heterocycles. The third-order valence-electron chi connectivity index (χ3n) is 6.50. The number of carbonyl (C=O) groups excluding carboxylic acids is 1. The van der Waals surface area contributed by atoms with Gasteiger partial charge in [0.15, 0.2) is 5.78 Å². The van der Waals surface area contributed by atoms with Crippen LogP contribution in [0.1, 0.15) is 67.7 Å². The summed E-state index contributed by atoms with van der Waals surface area (Å²) in [5.41, 5.74) is 0. The number of ketones is 1. The van der Waals surface area contributed by atoms with Crippen LogP contribution in [0.25, 0.3) is 0 Å². The zero-order valence-corrected chi connectivity index (χ0v) is 22.8. The predicted octanol–water partition coefficient (Wildman–Crippen LogP) is 6.79. The number of hydrogen-bond acceptors (Lipinski definition) is 2. The zero-order valence-electron chi connectivity index (χ0n) is 21.8. The highest BCUT2D eigenvalue weighted by Crippen LogP contribution is 2.37. The van der Waals surface area contributed by atoms with Crippen molar-refractivity contribution < 1.29 is 9.22 Å². The van der Waals surface area contributed by atoms with Crippen molar-refractivity contribution >= 4 is 24.5 Å². The first-order chi connectivity index (χ1) is 15.6. The van der Waals surface area contributed by atoms with Crippen molar-refractivity contribution in [3.05, 3.63) is 72.8 Å². The molecule has 0 bridgehead atoms. The van der Waals surface area contributed by atoms with Gasteiger partial charge in [0.05, 0.1) is 0 Å². The molecule has 0 aliphatic heterocycles. The second-order valence-electron chi connectivity index (χ2n) is 11.0. The average Bonchev–Trinajstić information content (AvgIpc) is 2.74. The molecule has 0 aliphatic rings. The lowest BCUT2D eigenvalue weighted by Crippen LogP contribution is -2.66. The van der Waals surface area contributed by atoms with Gasteiger partial charge in [-0.2, -0.15) is 0 Å². The highest BCUT2D eigenvalue weighted by atomic mass is 28.4. The second kappa shape index (κ2) is 12.5. The second-order valence-corrected chi connectivity index (χ2v) is 15.3. The molecule has 180 valence electrons. The van der Waals surface area contributed by atoms with Gasteiger partial charge in [0.25, 0.3) is 8.32 Å². The van der Waals surface area contributed by atoms with Crippen molar-refractivity contribution in [1.82, 2.24) is 0 Å². The molecule has 33 heavy (non-hydrogen) atoms. The maximum absolute atomic E-state index is 11.1. The van der Waals surface area contributed by atoms with Gasteiger partial charge in [-0.3, -0.25) is 4.79 Å². The maximum Gasteiger partial charge on any atom is 0.261 e. The Morgan fingerprint density at radius 3 is 1.79 bits per heavy atom. The van der Waals surface area contributed by atoms with Crippen LogP contribution in [0.5, 0.6) is 0 Å². The summed E-state index contributed by atoms with van der Waals surface area (Å²) < 4.78 is 7.12. The van der Waals surface area contributed by atoms with Crippen LogP contribution in [0.4, 0.5) is 0 Å². The van der Waals surface area contributed by atoms with Gasteiger partial charge in [-0.25, -0.2) is 0 Å². The van der Waals surface area contributed by atoms with Gasteiger partial charge in [-0.1, -0.05) is 108 Å². The van der Waals surface area contributed by atoms with E-state index >= 15 is 0 Å². The van der Waals surface area contributed by atoms with Crippen molar-refractivity contribution in [3.63, 3.8) is 0 Å². The first-order valence-electron chi connectivity index (χ1n) is 12.5. The van der Waals surface area contributed by atoms with Gasteiger partial charge >= 0.3 is 0 Å². The molecule has 0 aromatic heterocycles. The molecule has 0 fully saturated rings. The van der Waals surface area contributed by atoms with Crippen molar-refractivity contribution in [2.75, 3.05) is 6.61 Å². The van der Waals surface area contributed by atoms with Crippen LogP contribution in [0.2, 0.25) is 5.04 Å². The first-order valence-corrected chi connectivity index (χ1v) is 14.4. The van der Waals surface area contributed by atoms with Crippen LogP contribution in [0.15, 0.2) is 72.8 Å². The lowest BCUT2D eigenvalue weighted by molar-refractivity contribution is -0.112. The lowest BCUT2D eigenvalue weighted by Gasteiger charge is -2.43. The molecular formula is C30H44O2Si. The smallest absolute Gasteiger partial charge is 0.261 e. The van der Waals surface area contributed by atoms with E-state index in [1.165, 1.54) is 16.8 Å². The number of rotatable bonds is 12. The van der Waals surface area contributed by atoms with Gasteiger partial charge in [0.2, 0.25) is 0 Å². The summed E-state index contributed by atoms with van der Waals surface area (Å²) in [4.78, 5) is 11.1. The van der Waals surface area contributed by atoms with Crippen molar-refractivity contribution in [2.24, 2.45) is 17.8 Å². The highest BCUT2D eigenvalue weighted by molar-refractivity contribution is 6.99. The summed E-state index contributed by atoms with van der Waals surface area (Å²) in [6, 6.07) is 21.8. The zero-order chi connectivity index (χ0) is 24.5. The number of hydrogen-bond donors (Lipinski definition) is 0. The Morgan fingerprint density at radius 1 is 0.848 bits per heavy atom. The van der Waals surface area contributed by atoms with E-state index in [4.69, 9.17) is 4.43 Å². The van der Waals surface area contributed by atoms with E-state index in [1.807, 2.05) is 6.08 Å². The SMILES string of the molecule is CC(=O)/C=C/C[C@H](C)C[C@H](C)C[C@H](C)CO[Si](c1ccccc1)(c1ccccc1)C(C)(C)C. The van der Waals surface area contributed by atoms with E-state index in [9.17, 15) is 4.79 Å². The Kier molecular flexibility index (Phi) is 10.3. The molecule has 3 heteroatoms. The normalized spacial score (nSPS) is 15.4. The molecular weight excluding hydrogens is 420 g/mol. The molecule has 0 spiro atoms. The molecule has 2 aromatic carbocycles. The van der Waals surface area contributed by atoms with Crippen molar-refractivity contribution in [1.29, 1.82) is 0 Å². The number of allylic oxidation sites excluding steroid dienone is 2. The minimum atomic E-state index is -2.46. The first kappa shape index (κ1) is 27.3. The molecule has 0 aliphatic carbocycles. The molecule has 0 N–H and O–H groups in total. The minimum Gasteiger partial charge on any atom is -0.407 e. The maximum atomic E-state index is 11.1. The van der Waals surface area contributed by atoms with Crippen LogP contribution in [0.3, 0.4) is 0 Å². The standard InChI is InChI=1S/C30H44O2Si/c1-24(15-14-16-27(4)31)21-25(2)22-26(3)23-32-33(30(5,6)7,28-17-10-8-11-18-28)29-19-12-9-13-20-29/h8-14,16-20,24-26H,15,21-23H2,1-7H3/b16-14+/t24-,25-,26-/m0/s1. The largest absolute Gasteiger partial charge is 0.407 e. The summed E-state index contributed by atoms with van der Waals surface area (Å²) in [5.74, 6) is 1.83. The number of carbonyl (C=O) groups is 1. The fourth-order valence-corrected chi connectivity index (χ4v) is 9.82. The third kappa shape index (κ3) is 7.79. The van der Waals surface area contributed by atoms with Crippen molar-refractivity contribution in [3.8, 4) is 0 Å². The minimum absolute atomic E-state index is 0.0125. The van der Waals surface area contributed by atoms with Gasteiger partial charge in [0, 0.05) is 6.61 Å². The highest BCUT2D eigenvalue weighted by Gasteiger charge is 2.50. The summed E-state index contributed by atoms with van der Waals surface area (Å²) >= 11 is 0. The average molecular weight is 465 g/mol. The van der Waals surface area contributed by atoms with Crippen LogP contribution >= 0.6 is 0 Å². The van der Waals surface area contributed by atoms with E-state index < -0.39 is 8.32 Å². The molecule has 0 amide bonds. The van der Waals surface area contributed by atoms with Gasteiger partial charge in [0.1, 0.15) is 0 Å². The van der Waals surface area contributed by atoms with E-state index in [-0.39, 0.29) is 10.8 Å². The van der Waals surface area contributed by atoms with Crippen LogP contribution in [0, 0.1) is 17.8 Å². The summed E-state index contributed by atoms with van der Waals surface area (Å²) in [5, 5.41) is 2.70. The van der Waals surface area contributed by atoms with Crippen molar-refractivity contribution in [2.45, 2.75) is 72.8 Å². The Hall–Kier alpha value is -1.97. The molecule has 0 radical (unpaired) electrons. The Morgan fingerprint density at radius 2 is 1.33 bits per heavy atom. The fourth-order valence-electron chi connectivity index (χ4n) is 5.13. The Balaban J connectivity index is 2.14. The molecule has 2 rings (SSSR count). The van der Waals surface area contributed by atoms with E-state index in [1.54, 1.807) is 13.0 Å².